The highest BCUT2D eigenvalue weighted by Crippen LogP contribution is 2.05. The van der Waals surface area contributed by atoms with Gasteiger partial charge in [0, 0.05) is 6.08 Å². The number of allylic oxidation sites excluding steroid dienone is 2. The minimum absolute atomic E-state index is 0.316. The summed E-state index contributed by atoms with van der Waals surface area (Å²) in [5, 5.41) is 0. The molecule has 0 saturated carbocycles. The average Bonchev–Trinajstić information content (AvgIpc) is 2.35. The molecule has 0 aliphatic carbocycles. The first-order valence-corrected chi connectivity index (χ1v) is 6.75. The molecule has 0 bridgehead atoms. The summed E-state index contributed by atoms with van der Waals surface area (Å²) in [7, 11) is 0. The van der Waals surface area contributed by atoms with Gasteiger partial charge in [0.2, 0.25) is 0 Å². The minimum atomic E-state index is -0.316. The standard InChI is InChI=1S/C15H26O2/c1-3-5-6-7-8-9-10-11-12-13-14-17-15(16)4-2/h4,7-8H,2-3,5-6,9-14H2,1H3. The van der Waals surface area contributed by atoms with E-state index in [2.05, 4.69) is 25.7 Å². The van der Waals surface area contributed by atoms with Crippen molar-refractivity contribution in [3.05, 3.63) is 24.8 Å². The van der Waals surface area contributed by atoms with E-state index in [0.29, 0.717) is 6.61 Å². The van der Waals surface area contributed by atoms with Crippen LogP contribution in [0.2, 0.25) is 0 Å². The molecule has 17 heavy (non-hydrogen) atoms. The van der Waals surface area contributed by atoms with Crippen LogP contribution in [0.5, 0.6) is 0 Å². The van der Waals surface area contributed by atoms with Crippen LogP contribution in [0.3, 0.4) is 0 Å². The van der Waals surface area contributed by atoms with E-state index in [1.165, 1.54) is 44.6 Å². The summed E-state index contributed by atoms with van der Waals surface area (Å²) in [6, 6.07) is 0. The van der Waals surface area contributed by atoms with Crippen molar-refractivity contribution in [2.75, 3.05) is 6.61 Å². The van der Waals surface area contributed by atoms with Gasteiger partial charge in [-0.25, -0.2) is 4.79 Å². The lowest BCUT2D eigenvalue weighted by atomic mass is 10.1. The van der Waals surface area contributed by atoms with Gasteiger partial charge in [0.15, 0.2) is 0 Å². The highest BCUT2D eigenvalue weighted by molar-refractivity contribution is 5.81. The first kappa shape index (κ1) is 16.0. The third-order valence-corrected chi connectivity index (χ3v) is 2.57. The zero-order valence-corrected chi connectivity index (χ0v) is 11.1. The number of unbranched alkanes of at least 4 members (excludes halogenated alkanes) is 6. The smallest absolute Gasteiger partial charge is 0.330 e. The maximum atomic E-state index is 10.7. The van der Waals surface area contributed by atoms with Crippen LogP contribution in [-0.2, 0) is 9.53 Å². The highest BCUT2D eigenvalue weighted by atomic mass is 16.5. The van der Waals surface area contributed by atoms with Gasteiger partial charge in [-0.2, -0.15) is 0 Å². The van der Waals surface area contributed by atoms with Crippen LogP contribution >= 0.6 is 0 Å². The lowest BCUT2D eigenvalue weighted by Crippen LogP contribution is -2.01. The molecule has 0 heterocycles. The van der Waals surface area contributed by atoms with Crippen molar-refractivity contribution in [1.82, 2.24) is 0 Å². The largest absolute Gasteiger partial charge is 0.463 e. The lowest BCUT2D eigenvalue weighted by Gasteiger charge is -2.01. The Morgan fingerprint density at radius 2 is 1.71 bits per heavy atom. The quantitative estimate of drug-likeness (QED) is 0.231. The lowest BCUT2D eigenvalue weighted by molar-refractivity contribution is -0.137. The molecule has 0 spiro atoms. The summed E-state index contributed by atoms with van der Waals surface area (Å²) in [4.78, 5) is 10.7. The monoisotopic (exact) mass is 238 g/mol. The van der Waals surface area contributed by atoms with E-state index in [0.717, 1.165) is 12.8 Å². The van der Waals surface area contributed by atoms with Gasteiger partial charge < -0.3 is 4.74 Å². The van der Waals surface area contributed by atoms with Crippen molar-refractivity contribution in [1.29, 1.82) is 0 Å². The molecule has 0 saturated heterocycles. The third kappa shape index (κ3) is 12.9. The van der Waals surface area contributed by atoms with Gasteiger partial charge in [-0.1, -0.05) is 51.3 Å². The minimum Gasteiger partial charge on any atom is -0.463 e. The normalized spacial score (nSPS) is 10.6. The van der Waals surface area contributed by atoms with Crippen molar-refractivity contribution in [3.8, 4) is 0 Å². The molecule has 0 aliphatic heterocycles. The van der Waals surface area contributed by atoms with Crippen LogP contribution in [0.4, 0.5) is 0 Å². The van der Waals surface area contributed by atoms with E-state index < -0.39 is 0 Å². The van der Waals surface area contributed by atoms with Crippen LogP contribution in [0.15, 0.2) is 24.8 Å². The third-order valence-electron chi connectivity index (χ3n) is 2.57. The predicted molar refractivity (Wildman–Crippen MR) is 72.9 cm³/mol. The molecular formula is C15H26O2. The molecule has 0 amide bonds. The molecule has 0 aromatic rings. The van der Waals surface area contributed by atoms with E-state index in [1.807, 2.05) is 0 Å². The number of carbonyl (C=O) groups excluding carboxylic acids is 1. The summed E-state index contributed by atoms with van der Waals surface area (Å²) >= 11 is 0. The van der Waals surface area contributed by atoms with Crippen molar-refractivity contribution < 1.29 is 9.53 Å². The van der Waals surface area contributed by atoms with Gasteiger partial charge >= 0.3 is 5.97 Å². The van der Waals surface area contributed by atoms with Crippen molar-refractivity contribution in [2.45, 2.75) is 58.3 Å². The van der Waals surface area contributed by atoms with Gasteiger partial charge in [0.1, 0.15) is 0 Å². The Kier molecular flexibility index (Phi) is 12.2. The van der Waals surface area contributed by atoms with Crippen molar-refractivity contribution in [2.24, 2.45) is 0 Å². The first-order valence-electron chi connectivity index (χ1n) is 6.75. The summed E-state index contributed by atoms with van der Waals surface area (Å²) in [6.45, 7) is 6.09. The van der Waals surface area contributed by atoms with Gasteiger partial charge in [-0.05, 0) is 25.7 Å². The molecule has 0 radical (unpaired) electrons. The Hall–Kier alpha value is -1.05. The van der Waals surface area contributed by atoms with Crippen LogP contribution < -0.4 is 0 Å². The molecule has 2 heteroatoms. The van der Waals surface area contributed by atoms with Crippen LogP contribution in [-0.4, -0.2) is 12.6 Å². The zero-order chi connectivity index (χ0) is 12.8. The predicted octanol–water partition coefficient (Wildman–Crippen LogP) is 4.41. The fraction of sp³-hybridized carbons (Fsp3) is 0.667. The molecule has 0 fully saturated rings. The Bertz CT molecular complexity index is 219. The fourth-order valence-electron chi connectivity index (χ4n) is 1.51. The number of carbonyl (C=O) groups is 1. The van der Waals surface area contributed by atoms with Gasteiger partial charge in [0.05, 0.1) is 6.61 Å². The Balaban J connectivity index is 3.10. The molecule has 2 nitrogen and oxygen atoms in total. The second-order valence-corrected chi connectivity index (χ2v) is 4.19. The number of hydrogen-bond donors (Lipinski definition) is 0. The summed E-state index contributed by atoms with van der Waals surface area (Å²) in [5.41, 5.74) is 0. The molecule has 0 aromatic carbocycles. The van der Waals surface area contributed by atoms with Gasteiger partial charge in [0.25, 0.3) is 0 Å². The second-order valence-electron chi connectivity index (χ2n) is 4.19. The molecule has 0 atom stereocenters. The highest BCUT2D eigenvalue weighted by Gasteiger charge is 1.94. The summed E-state index contributed by atoms with van der Waals surface area (Å²) in [6.07, 6.45) is 15.3. The van der Waals surface area contributed by atoms with E-state index in [9.17, 15) is 4.79 Å². The molecule has 0 aromatic heterocycles. The van der Waals surface area contributed by atoms with E-state index in [-0.39, 0.29) is 5.97 Å². The van der Waals surface area contributed by atoms with Gasteiger partial charge in [-0.15, -0.1) is 0 Å². The topological polar surface area (TPSA) is 26.3 Å². The Morgan fingerprint density at radius 3 is 2.35 bits per heavy atom. The number of esters is 1. The molecule has 0 N–H and O–H groups in total. The second kappa shape index (κ2) is 13.0. The number of ether oxygens (including phenoxy) is 1. The molecule has 0 aliphatic rings. The molecule has 98 valence electrons. The average molecular weight is 238 g/mol. The Labute approximate surface area is 106 Å². The van der Waals surface area contributed by atoms with Crippen molar-refractivity contribution >= 4 is 5.97 Å². The van der Waals surface area contributed by atoms with E-state index >= 15 is 0 Å². The first-order chi connectivity index (χ1) is 8.31. The number of hydrogen-bond acceptors (Lipinski definition) is 2. The summed E-state index contributed by atoms with van der Waals surface area (Å²) in [5.74, 6) is -0.316. The zero-order valence-electron chi connectivity index (χ0n) is 11.1. The van der Waals surface area contributed by atoms with E-state index in [1.54, 1.807) is 0 Å². The van der Waals surface area contributed by atoms with Crippen LogP contribution in [0, 0.1) is 0 Å². The maximum Gasteiger partial charge on any atom is 0.330 e. The van der Waals surface area contributed by atoms with Crippen LogP contribution in [0.25, 0.3) is 0 Å². The summed E-state index contributed by atoms with van der Waals surface area (Å²) < 4.78 is 4.89. The Morgan fingerprint density at radius 1 is 1.06 bits per heavy atom. The fourth-order valence-corrected chi connectivity index (χ4v) is 1.51. The van der Waals surface area contributed by atoms with Crippen LogP contribution in [0.1, 0.15) is 58.3 Å². The number of rotatable bonds is 11. The molecular weight excluding hydrogens is 212 g/mol. The van der Waals surface area contributed by atoms with Gasteiger partial charge in [-0.3, -0.25) is 0 Å². The maximum absolute atomic E-state index is 10.7. The van der Waals surface area contributed by atoms with E-state index in [4.69, 9.17) is 4.74 Å². The SMILES string of the molecule is C=CC(=O)OCCCCCCC=CCCCC. The van der Waals surface area contributed by atoms with Crippen molar-refractivity contribution in [3.63, 3.8) is 0 Å². The molecule has 0 rings (SSSR count). The molecule has 0 unspecified atom stereocenters.